The van der Waals surface area contributed by atoms with Crippen LogP contribution in [0.15, 0.2) is 24.3 Å². The number of hydrogen-bond acceptors (Lipinski definition) is 1. The summed E-state index contributed by atoms with van der Waals surface area (Å²) in [5.41, 5.74) is 0.745. The van der Waals surface area contributed by atoms with Crippen LogP contribution in [0, 0.1) is 11.7 Å². The van der Waals surface area contributed by atoms with E-state index in [4.69, 9.17) is 11.6 Å². The topological polar surface area (TPSA) is 29.1 Å². The summed E-state index contributed by atoms with van der Waals surface area (Å²) >= 11 is 5.58. The average Bonchev–Trinajstić information content (AvgIpc) is 2.27. The van der Waals surface area contributed by atoms with Crippen LogP contribution in [0.1, 0.15) is 25.5 Å². The van der Waals surface area contributed by atoms with Crippen molar-refractivity contribution in [3.05, 3.63) is 35.6 Å². The molecule has 1 aromatic carbocycles. The SMILES string of the molecule is CC(CCl)C(=O)NC(C)c1cccc(F)c1. The van der Waals surface area contributed by atoms with Gasteiger partial charge in [-0.25, -0.2) is 4.39 Å². The first kappa shape index (κ1) is 13.0. The van der Waals surface area contributed by atoms with Gasteiger partial charge < -0.3 is 5.32 Å². The van der Waals surface area contributed by atoms with E-state index in [-0.39, 0.29) is 29.6 Å². The molecule has 1 amide bonds. The molecule has 1 N–H and O–H groups in total. The average molecular weight is 244 g/mol. The van der Waals surface area contributed by atoms with E-state index in [2.05, 4.69) is 5.32 Å². The molecule has 0 bridgehead atoms. The maximum atomic E-state index is 13.0. The third-order valence-corrected chi connectivity index (χ3v) is 2.85. The monoisotopic (exact) mass is 243 g/mol. The molecule has 1 rings (SSSR count). The second-order valence-electron chi connectivity index (χ2n) is 3.84. The fourth-order valence-electron chi connectivity index (χ4n) is 1.28. The van der Waals surface area contributed by atoms with E-state index in [1.807, 2.05) is 6.92 Å². The summed E-state index contributed by atoms with van der Waals surface area (Å²) in [7, 11) is 0. The van der Waals surface area contributed by atoms with Crippen molar-refractivity contribution in [2.45, 2.75) is 19.9 Å². The highest BCUT2D eigenvalue weighted by Gasteiger charge is 2.15. The number of carbonyl (C=O) groups is 1. The van der Waals surface area contributed by atoms with Crippen molar-refractivity contribution in [3.63, 3.8) is 0 Å². The second kappa shape index (κ2) is 5.85. The van der Waals surface area contributed by atoms with Crippen LogP contribution in [0.4, 0.5) is 4.39 Å². The number of benzene rings is 1. The number of alkyl halides is 1. The molecule has 16 heavy (non-hydrogen) atoms. The largest absolute Gasteiger partial charge is 0.349 e. The molecule has 0 radical (unpaired) electrons. The Labute approximate surface area is 99.8 Å². The van der Waals surface area contributed by atoms with Crippen LogP contribution in [0.2, 0.25) is 0 Å². The predicted octanol–water partition coefficient (Wildman–Crippen LogP) is 2.88. The molecular weight excluding hydrogens is 229 g/mol. The minimum Gasteiger partial charge on any atom is -0.349 e. The van der Waals surface area contributed by atoms with Gasteiger partial charge in [0.25, 0.3) is 0 Å². The molecule has 2 nitrogen and oxygen atoms in total. The summed E-state index contributed by atoms with van der Waals surface area (Å²) in [6.07, 6.45) is 0. The molecule has 0 aliphatic rings. The van der Waals surface area contributed by atoms with E-state index < -0.39 is 0 Å². The third-order valence-electron chi connectivity index (χ3n) is 2.39. The van der Waals surface area contributed by atoms with Crippen molar-refractivity contribution in [2.24, 2.45) is 5.92 Å². The predicted molar refractivity (Wildman–Crippen MR) is 62.8 cm³/mol. The van der Waals surface area contributed by atoms with E-state index in [0.717, 1.165) is 5.56 Å². The Hall–Kier alpha value is -1.09. The molecular formula is C12H15ClFNO. The fourth-order valence-corrected chi connectivity index (χ4v) is 1.43. The van der Waals surface area contributed by atoms with Crippen LogP contribution in [-0.4, -0.2) is 11.8 Å². The molecule has 0 aromatic heterocycles. The molecule has 2 unspecified atom stereocenters. The molecule has 1 aromatic rings. The van der Waals surface area contributed by atoms with Gasteiger partial charge in [0.05, 0.1) is 6.04 Å². The Kier molecular flexibility index (Phi) is 4.74. The summed E-state index contributed by atoms with van der Waals surface area (Å²) in [5, 5.41) is 2.78. The highest BCUT2D eigenvalue weighted by Crippen LogP contribution is 2.14. The van der Waals surface area contributed by atoms with Crippen molar-refractivity contribution in [2.75, 3.05) is 5.88 Å². The van der Waals surface area contributed by atoms with Gasteiger partial charge in [-0.2, -0.15) is 0 Å². The van der Waals surface area contributed by atoms with Gasteiger partial charge in [-0.05, 0) is 24.6 Å². The van der Waals surface area contributed by atoms with Gasteiger partial charge in [0, 0.05) is 11.8 Å². The summed E-state index contributed by atoms with van der Waals surface area (Å²) in [4.78, 5) is 11.6. The zero-order valence-corrected chi connectivity index (χ0v) is 10.1. The first-order valence-electron chi connectivity index (χ1n) is 5.16. The highest BCUT2D eigenvalue weighted by atomic mass is 35.5. The third kappa shape index (κ3) is 3.49. The van der Waals surface area contributed by atoms with Crippen molar-refractivity contribution in [1.29, 1.82) is 0 Å². The van der Waals surface area contributed by atoms with Gasteiger partial charge >= 0.3 is 0 Å². The Bertz CT molecular complexity index is 370. The van der Waals surface area contributed by atoms with E-state index >= 15 is 0 Å². The van der Waals surface area contributed by atoms with Crippen LogP contribution in [-0.2, 0) is 4.79 Å². The summed E-state index contributed by atoms with van der Waals surface area (Å²) < 4.78 is 13.0. The van der Waals surface area contributed by atoms with Crippen LogP contribution in [0.25, 0.3) is 0 Å². The Morgan fingerprint density at radius 1 is 1.50 bits per heavy atom. The summed E-state index contributed by atoms with van der Waals surface area (Å²) in [6, 6.07) is 5.97. The zero-order chi connectivity index (χ0) is 12.1. The molecule has 2 atom stereocenters. The number of amides is 1. The molecule has 0 aliphatic heterocycles. The van der Waals surface area contributed by atoms with Crippen LogP contribution >= 0.6 is 11.6 Å². The van der Waals surface area contributed by atoms with Crippen molar-refractivity contribution < 1.29 is 9.18 Å². The van der Waals surface area contributed by atoms with Gasteiger partial charge in [-0.15, -0.1) is 11.6 Å². The molecule has 0 spiro atoms. The number of rotatable bonds is 4. The lowest BCUT2D eigenvalue weighted by molar-refractivity contribution is -0.124. The molecule has 4 heteroatoms. The number of halogens is 2. The summed E-state index contributed by atoms with van der Waals surface area (Å²) in [6.45, 7) is 3.56. The van der Waals surface area contributed by atoms with E-state index in [9.17, 15) is 9.18 Å². The molecule has 88 valence electrons. The smallest absolute Gasteiger partial charge is 0.224 e. The first-order valence-corrected chi connectivity index (χ1v) is 5.70. The van der Waals surface area contributed by atoms with Gasteiger partial charge in [0.2, 0.25) is 5.91 Å². The lowest BCUT2D eigenvalue weighted by Crippen LogP contribution is -2.32. The molecule has 0 fully saturated rings. The fraction of sp³-hybridized carbons (Fsp3) is 0.417. The number of hydrogen-bond donors (Lipinski definition) is 1. The maximum Gasteiger partial charge on any atom is 0.224 e. The van der Waals surface area contributed by atoms with Gasteiger partial charge in [-0.1, -0.05) is 19.1 Å². The van der Waals surface area contributed by atoms with E-state index in [0.29, 0.717) is 0 Å². The van der Waals surface area contributed by atoms with Gasteiger partial charge in [-0.3, -0.25) is 4.79 Å². The van der Waals surface area contributed by atoms with Crippen LogP contribution < -0.4 is 5.32 Å². The standard InChI is InChI=1S/C12H15ClFNO/c1-8(7-13)12(16)15-9(2)10-4-3-5-11(14)6-10/h3-6,8-9H,7H2,1-2H3,(H,15,16). The second-order valence-corrected chi connectivity index (χ2v) is 4.15. The van der Waals surface area contributed by atoms with E-state index in [1.165, 1.54) is 12.1 Å². The quantitative estimate of drug-likeness (QED) is 0.810. The molecule has 0 heterocycles. The van der Waals surface area contributed by atoms with Crippen LogP contribution in [0.5, 0.6) is 0 Å². The van der Waals surface area contributed by atoms with Gasteiger partial charge in [0.15, 0.2) is 0 Å². The van der Waals surface area contributed by atoms with Crippen molar-refractivity contribution in [3.8, 4) is 0 Å². The normalized spacial score (nSPS) is 14.2. The molecule has 0 saturated heterocycles. The molecule has 0 aliphatic carbocycles. The minimum atomic E-state index is -0.302. The zero-order valence-electron chi connectivity index (χ0n) is 9.34. The lowest BCUT2D eigenvalue weighted by atomic mass is 10.1. The first-order chi connectivity index (χ1) is 7.54. The molecule has 0 saturated carbocycles. The van der Waals surface area contributed by atoms with Crippen molar-refractivity contribution >= 4 is 17.5 Å². The number of nitrogens with one attached hydrogen (secondary N) is 1. The summed E-state index contributed by atoms with van der Waals surface area (Å²) in [5.74, 6) is -0.379. The van der Waals surface area contributed by atoms with E-state index in [1.54, 1.807) is 19.1 Å². The highest BCUT2D eigenvalue weighted by molar-refractivity contribution is 6.19. The Morgan fingerprint density at radius 2 is 2.19 bits per heavy atom. The lowest BCUT2D eigenvalue weighted by Gasteiger charge is -2.16. The minimum absolute atomic E-state index is 0.119. The van der Waals surface area contributed by atoms with Crippen LogP contribution in [0.3, 0.4) is 0 Å². The Morgan fingerprint density at radius 3 is 2.75 bits per heavy atom. The Balaban J connectivity index is 2.65. The van der Waals surface area contributed by atoms with Crippen molar-refractivity contribution in [1.82, 2.24) is 5.32 Å². The number of carbonyl (C=O) groups excluding carboxylic acids is 1. The van der Waals surface area contributed by atoms with Gasteiger partial charge in [0.1, 0.15) is 5.82 Å². The maximum absolute atomic E-state index is 13.0.